The summed E-state index contributed by atoms with van der Waals surface area (Å²) in [5, 5.41) is 18.5. The fourth-order valence-corrected chi connectivity index (χ4v) is 3.65. The van der Waals surface area contributed by atoms with E-state index in [4.69, 9.17) is 26.8 Å². The maximum Gasteiger partial charge on any atom is 0.309 e. The molecule has 8 nitrogen and oxygen atoms in total. The van der Waals surface area contributed by atoms with E-state index in [0.717, 1.165) is 16.9 Å². The fraction of sp³-hybridized carbons (Fsp3) is 0.238. The highest BCUT2D eigenvalue weighted by Gasteiger charge is 2.47. The second kappa shape index (κ2) is 9.06. The van der Waals surface area contributed by atoms with Gasteiger partial charge in [0.15, 0.2) is 5.66 Å². The van der Waals surface area contributed by atoms with Crippen molar-refractivity contribution in [3.63, 3.8) is 0 Å². The van der Waals surface area contributed by atoms with Crippen LogP contribution in [0.1, 0.15) is 11.1 Å². The van der Waals surface area contributed by atoms with Crippen molar-refractivity contribution >= 4 is 11.6 Å². The first-order valence-corrected chi connectivity index (χ1v) is 9.55. The molecular weight excluding hydrogens is 408 g/mol. The summed E-state index contributed by atoms with van der Waals surface area (Å²) in [5.74, 6) is 1.42. The largest absolute Gasteiger partial charge is 0.497 e. The van der Waals surface area contributed by atoms with Crippen LogP contribution in [0.3, 0.4) is 0 Å². The van der Waals surface area contributed by atoms with Crippen molar-refractivity contribution in [1.29, 1.82) is 0 Å². The van der Waals surface area contributed by atoms with Crippen molar-refractivity contribution in [2.45, 2.75) is 18.6 Å². The smallest absolute Gasteiger partial charge is 0.309 e. The number of nitrogens with one attached hydrogen (secondary N) is 2. The van der Waals surface area contributed by atoms with E-state index in [9.17, 15) is 10.1 Å². The molecule has 0 saturated heterocycles. The topological polar surface area (TPSA) is 112 Å². The number of nitro groups is 1. The lowest BCUT2D eigenvalue weighted by Gasteiger charge is -2.36. The molecule has 0 spiro atoms. The van der Waals surface area contributed by atoms with Gasteiger partial charge in [-0.15, -0.1) is 0 Å². The molecule has 0 bridgehead atoms. The highest BCUT2D eigenvalue weighted by atomic mass is 35.5. The fourth-order valence-electron chi connectivity index (χ4n) is 3.38. The summed E-state index contributed by atoms with van der Waals surface area (Å²) in [7, 11) is 3.17. The van der Waals surface area contributed by atoms with Gasteiger partial charge in [0.1, 0.15) is 22.4 Å². The van der Waals surface area contributed by atoms with Crippen LogP contribution < -0.4 is 25.8 Å². The van der Waals surface area contributed by atoms with E-state index in [1.165, 1.54) is 6.08 Å². The third-order valence-corrected chi connectivity index (χ3v) is 5.06. The average molecular weight is 431 g/mol. The highest BCUT2D eigenvalue weighted by molar-refractivity contribution is 6.29. The molecule has 9 heteroatoms. The number of methoxy groups -OCH3 is 2. The molecule has 0 amide bonds. The van der Waals surface area contributed by atoms with Crippen molar-refractivity contribution in [3.05, 3.63) is 92.4 Å². The van der Waals surface area contributed by atoms with Gasteiger partial charge in [-0.05, 0) is 35.4 Å². The van der Waals surface area contributed by atoms with Gasteiger partial charge in [-0.3, -0.25) is 15.4 Å². The summed E-state index contributed by atoms with van der Waals surface area (Å²) in [6.45, 7) is 0.335. The van der Waals surface area contributed by atoms with E-state index in [1.54, 1.807) is 26.4 Å². The number of nitrogens with zero attached hydrogens (tertiary/aromatic N) is 1. The first-order chi connectivity index (χ1) is 14.4. The lowest BCUT2D eigenvalue weighted by molar-refractivity contribution is -0.439. The van der Waals surface area contributed by atoms with Gasteiger partial charge >= 0.3 is 5.70 Å². The van der Waals surface area contributed by atoms with Crippen LogP contribution in [0.25, 0.3) is 0 Å². The van der Waals surface area contributed by atoms with Crippen molar-refractivity contribution in [2.75, 3.05) is 14.2 Å². The Morgan fingerprint density at radius 2 is 1.60 bits per heavy atom. The molecule has 0 radical (unpaired) electrons. The molecule has 4 N–H and O–H groups in total. The molecule has 2 aromatic carbocycles. The molecule has 0 aromatic heterocycles. The Labute approximate surface area is 179 Å². The molecule has 2 aromatic rings. The van der Waals surface area contributed by atoms with Crippen LogP contribution in [-0.4, -0.2) is 24.8 Å². The molecule has 0 fully saturated rings. The molecule has 0 saturated carbocycles. The minimum atomic E-state index is -1.31. The van der Waals surface area contributed by atoms with Crippen LogP contribution >= 0.6 is 11.6 Å². The number of ether oxygens (including phenoxy) is 2. The number of nitrogens with two attached hydrogens (primary N) is 1. The number of benzene rings is 2. The SMILES string of the molecule is COc1ccc(CNC2(Cc3ccc(OC)cc3)NC(Cl)=CC(N)=C2[N+](=O)[O-])cc1. The maximum atomic E-state index is 12.0. The standard InChI is InChI=1S/C21H23ClN4O4/c1-29-16-7-3-14(4-8-16)12-21(20(26(27)28)18(23)11-19(22)25-21)24-13-15-5-9-17(30-2)10-6-15/h3-11,24-25H,12-13,23H2,1-2H3. The Balaban J connectivity index is 1.96. The molecule has 1 heterocycles. The van der Waals surface area contributed by atoms with E-state index < -0.39 is 10.6 Å². The third kappa shape index (κ3) is 4.67. The van der Waals surface area contributed by atoms with Crippen LogP contribution in [0.5, 0.6) is 11.5 Å². The summed E-state index contributed by atoms with van der Waals surface area (Å²) in [6, 6.07) is 14.7. The third-order valence-electron chi connectivity index (χ3n) is 4.86. The van der Waals surface area contributed by atoms with Gasteiger partial charge in [0.25, 0.3) is 0 Å². The van der Waals surface area contributed by atoms with Crippen molar-refractivity contribution in [1.82, 2.24) is 10.6 Å². The first kappa shape index (κ1) is 21.5. The molecule has 3 rings (SSSR count). The van der Waals surface area contributed by atoms with Gasteiger partial charge in [-0.1, -0.05) is 35.9 Å². The number of dihydropyridines is 1. The van der Waals surface area contributed by atoms with Crippen LogP contribution in [0, 0.1) is 10.1 Å². The Kier molecular flexibility index (Phi) is 6.49. The summed E-state index contributed by atoms with van der Waals surface area (Å²) < 4.78 is 10.4. The van der Waals surface area contributed by atoms with Crippen LogP contribution in [0.15, 0.2) is 71.2 Å². The predicted octanol–water partition coefficient (Wildman–Crippen LogP) is 2.86. The number of rotatable bonds is 8. The van der Waals surface area contributed by atoms with Gasteiger partial charge < -0.3 is 20.5 Å². The van der Waals surface area contributed by atoms with E-state index in [2.05, 4.69) is 10.6 Å². The van der Waals surface area contributed by atoms with E-state index in [0.29, 0.717) is 12.3 Å². The number of allylic oxidation sites excluding steroid dienone is 1. The summed E-state index contributed by atoms with van der Waals surface area (Å²) in [4.78, 5) is 11.5. The molecule has 30 heavy (non-hydrogen) atoms. The summed E-state index contributed by atoms with van der Waals surface area (Å²) in [5.41, 5.74) is 6.27. The van der Waals surface area contributed by atoms with Crippen LogP contribution in [-0.2, 0) is 13.0 Å². The lowest BCUT2D eigenvalue weighted by atomic mass is 9.92. The van der Waals surface area contributed by atoms with E-state index in [1.807, 2.05) is 36.4 Å². The second-order valence-electron chi connectivity index (χ2n) is 6.81. The number of hydrogen-bond acceptors (Lipinski definition) is 7. The van der Waals surface area contributed by atoms with Gasteiger partial charge in [0, 0.05) is 19.0 Å². The monoisotopic (exact) mass is 430 g/mol. The quantitative estimate of drug-likeness (QED) is 0.335. The van der Waals surface area contributed by atoms with Gasteiger partial charge in [0.2, 0.25) is 0 Å². The maximum absolute atomic E-state index is 12.0. The molecule has 1 atom stereocenters. The summed E-state index contributed by atoms with van der Waals surface area (Å²) >= 11 is 6.24. The lowest BCUT2D eigenvalue weighted by Crippen LogP contribution is -2.62. The van der Waals surface area contributed by atoms with Gasteiger partial charge in [0.05, 0.1) is 19.1 Å². The molecule has 0 aliphatic carbocycles. The second-order valence-corrected chi connectivity index (χ2v) is 7.22. The average Bonchev–Trinajstić information content (AvgIpc) is 2.72. The molecular formula is C21H23ClN4O4. The summed E-state index contributed by atoms with van der Waals surface area (Å²) in [6.07, 6.45) is 1.58. The molecule has 1 aliphatic rings. The Morgan fingerprint density at radius 1 is 1.07 bits per heavy atom. The zero-order chi connectivity index (χ0) is 21.7. The van der Waals surface area contributed by atoms with Crippen LogP contribution in [0.2, 0.25) is 0 Å². The van der Waals surface area contributed by atoms with Crippen molar-refractivity contribution in [3.8, 4) is 11.5 Å². The minimum Gasteiger partial charge on any atom is -0.497 e. The number of hydrogen-bond donors (Lipinski definition) is 3. The van der Waals surface area contributed by atoms with Gasteiger partial charge in [-0.25, -0.2) is 0 Å². The van der Waals surface area contributed by atoms with Crippen LogP contribution in [0.4, 0.5) is 0 Å². The zero-order valence-electron chi connectivity index (χ0n) is 16.6. The first-order valence-electron chi connectivity index (χ1n) is 9.18. The predicted molar refractivity (Wildman–Crippen MR) is 115 cm³/mol. The highest BCUT2D eigenvalue weighted by Crippen LogP contribution is 2.30. The normalized spacial score (nSPS) is 18.4. The van der Waals surface area contributed by atoms with Gasteiger partial charge in [-0.2, -0.15) is 0 Å². The van der Waals surface area contributed by atoms with Crippen molar-refractivity contribution in [2.24, 2.45) is 5.73 Å². The molecule has 158 valence electrons. The molecule has 1 unspecified atom stereocenters. The minimum absolute atomic E-state index is 0.000470. The number of halogens is 1. The Hall–Kier alpha value is -3.23. The van der Waals surface area contributed by atoms with Crippen molar-refractivity contribution < 1.29 is 14.4 Å². The van der Waals surface area contributed by atoms with E-state index in [-0.39, 0.29) is 23.0 Å². The molecule has 1 aliphatic heterocycles. The zero-order valence-corrected chi connectivity index (χ0v) is 17.4. The van der Waals surface area contributed by atoms with E-state index >= 15 is 0 Å². The Bertz CT molecular complexity index is 974. The Morgan fingerprint density at radius 3 is 2.10 bits per heavy atom.